The molecule has 0 aliphatic rings. The third kappa shape index (κ3) is 4.88. The number of rotatable bonds is 6. The summed E-state index contributed by atoms with van der Waals surface area (Å²) in [4.78, 5) is 11.8. The molecule has 0 saturated carbocycles. The fraction of sp³-hybridized carbons (Fsp3) is 0.462. The van der Waals surface area contributed by atoms with Gasteiger partial charge in [-0.25, -0.2) is 0 Å². The molecule has 1 aromatic carbocycles. The molecule has 0 spiro atoms. The first-order valence-corrected chi connectivity index (χ1v) is 7.41. The summed E-state index contributed by atoms with van der Waals surface area (Å²) in [7, 11) is 0. The van der Waals surface area contributed by atoms with Crippen LogP contribution in [0.3, 0.4) is 0 Å². The lowest BCUT2D eigenvalue weighted by molar-refractivity contribution is -0.121. The molecule has 0 heterocycles. The molecule has 0 fully saturated rings. The number of carbonyl (C=O) groups excluding carboxylic acids is 1. The SMILES string of the molecule is CSC(CO)C(C)NC(=O)Cc1ccc(Cl)cc1. The molecule has 0 saturated heterocycles. The molecule has 2 atom stereocenters. The summed E-state index contributed by atoms with van der Waals surface area (Å²) in [5.74, 6) is -0.0441. The zero-order chi connectivity index (χ0) is 13.5. The van der Waals surface area contributed by atoms with Crippen molar-refractivity contribution in [2.24, 2.45) is 0 Å². The lowest BCUT2D eigenvalue weighted by Gasteiger charge is -2.21. The van der Waals surface area contributed by atoms with E-state index in [0.29, 0.717) is 11.4 Å². The average Bonchev–Trinajstić information content (AvgIpc) is 2.33. The van der Waals surface area contributed by atoms with Crippen LogP contribution in [0.15, 0.2) is 24.3 Å². The monoisotopic (exact) mass is 287 g/mol. The highest BCUT2D eigenvalue weighted by Gasteiger charge is 2.17. The molecule has 1 rings (SSSR count). The molecule has 1 amide bonds. The predicted molar refractivity (Wildman–Crippen MR) is 77.1 cm³/mol. The van der Waals surface area contributed by atoms with Gasteiger partial charge in [-0.05, 0) is 30.9 Å². The summed E-state index contributed by atoms with van der Waals surface area (Å²) in [5.41, 5.74) is 0.925. The highest BCUT2D eigenvalue weighted by molar-refractivity contribution is 7.99. The largest absolute Gasteiger partial charge is 0.395 e. The molecule has 18 heavy (non-hydrogen) atoms. The smallest absolute Gasteiger partial charge is 0.224 e. The van der Waals surface area contributed by atoms with Crippen LogP contribution in [0, 0.1) is 0 Å². The number of benzene rings is 1. The molecule has 0 bridgehead atoms. The molecule has 0 radical (unpaired) electrons. The first kappa shape index (κ1) is 15.3. The van der Waals surface area contributed by atoms with Gasteiger partial charge >= 0.3 is 0 Å². The van der Waals surface area contributed by atoms with E-state index in [1.807, 2.05) is 25.3 Å². The summed E-state index contributed by atoms with van der Waals surface area (Å²) in [6, 6.07) is 7.16. The van der Waals surface area contributed by atoms with Crippen LogP contribution in [0.25, 0.3) is 0 Å². The van der Waals surface area contributed by atoms with Crippen molar-refractivity contribution in [2.75, 3.05) is 12.9 Å². The summed E-state index contributed by atoms with van der Waals surface area (Å²) in [6.45, 7) is 1.96. The Morgan fingerprint density at radius 1 is 1.44 bits per heavy atom. The van der Waals surface area contributed by atoms with E-state index in [9.17, 15) is 4.79 Å². The topological polar surface area (TPSA) is 49.3 Å². The van der Waals surface area contributed by atoms with E-state index in [4.69, 9.17) is 16.7 Å². The number of hydrogen-bond acceptors (Lipinski definition) is 3. The van der Waals surface area contributed by atoms with Gasteiger partial charge in [-0.3, -0.25) is 4.79 Å². The zero-order valence-electron chi connectivity index (χ0n) is 10.5. The first-order valence-electron chi connectivity index (χ1n) is 5.74. The van der Waals surface area contributed by atoms with Crippen LogP contribution in [0.2, 0.25) is 5.02 Å². The van der Waals surface area contributed by atoms with Gasteiger partial charge in [0, 0.05) is 16.3 Å². The summed E-state index contributed by atoms with van der Waals surface area (Å²) < 4.78 is 0. The molecule has 0 aromatic heterocycles. The Labute approximate surface area is 117 Å². The maximum Gasteiger partial charge on any atom is 0.224 e. The van der Waals surface area contributed by atoms with Crippen LogP contribution in [-0.2, 0) is 11.2 Å². The number of aliphatic hydroxyl groups is 1. The van der Waals surface area contributed by atoms with Crippen LogP contribution >= 0.6 is 23.4 Å². The van der Waals surface area contributed by atoms with E-state index in [-0.39, 0.29) is 23.8 Å². The van der Waals surface area contributed by atoms with Gasteiger partial charge in [0.15, 0.2) is 0 Å². The van der Waals surface area contributed by atoms with Crippen LogP contribution in [-0.4, -0.2) is 35.2 Å². The Kier molecular flexibility index (Phi) is 6.54. The van der Waals surface area contributed by atoms with Crippen molar-refractivity contribution >= 4 is 29.3 Å². The number of halogens is 1. The minimum atomic E-state index is -0.0511. The van der Waals surface area contributed by atoms with E-state index >= 15 is 0 Å². The quantitative estimate of drug-likeness (QED) is 0.842. The van der Waals surface area contributed by atoms with Gasteiger partial charge < -0.3 is 10.4 Å². The highest BCUT2D eigenvalue weighted by atomic mass is 35.5. The average molecular weight is 288 g/mol. The lowest BCUT2D eigenvalue weighted by atomic mass is 10.1. The maximum absolute atomic E-state index is 11.8. The third-order valence-corrected chi connectivity index (χ3v) is 4.12. The first-order chi connectivity index (χ1) is 8.56. The van der Waals surface area contributed by atoms with Crippen molar-refractivity contribution in [3.8, 4) is 0 Å². The van der Waals surface area contributed by atoms with Crippen LogP contribution in [0.4, 0.5) is 0 Å². The number of amides is 1. The van der Waals surface area contributed by atoms with E-state index < -0.39 is 0 Å². The number of carbonyl (C=O) groups is 1. The Bertz CT molecular complexity index is 379. The maximum atomic E-state index is 11.8. The van der Waals surface area contributed by atoms with E-state index in [1.165, 1.54) is 0 Å². The minimum absolute atomic E-state index is 0.0270. The summed E-state index contributed by atoms with van der Waals surface area (Å²) >= 11 is 7.33. The molecule has 0 aliphatic carbocycles. The Morgan fingerprint density at radius 2 is 2.06 bits per heavy atom. The van der Waals surface area contributed by atoms with Crippen molar-refractivity contribution in [3.05, 3.63) is 34.9 Å². The molecular weight excluding hydrogens is 270 g/mol. The van der Waals surface area contributed by atoms with Gasteiger partial charge in [-0.15, -0.1) is 0 Å². The highest BCUT2D eigenvalue weighted by Crippen LogP contribution is 2.12. The standard InChI is InChI=1S/C13H18ClNO2S/c1-9(12(8-16)18-2)15-13(17)7-10-3-5-11(14)6-4-10/h3-6,9,12,16H,7-8H2,1-2H3,(H,15,17). The molecule has 2 N–H and O–H groups in total. The van der Waals surface area contributed by atoms with E-state index in [0.717, 1.165) is 5.56 Å². The zero-order valence-corrected chi connectivity index (χ0v) is 12.1. The number of thioether (sulfide) groups is 1. The lowest BCUT2D eigenvalue weighted by Crippen LogP contribution is -2.41. The van der Waals surface area contributed by atoms with Crippen molar-refractivity contribution in [1.29, 1.82) is 0 Å². The molecule has 3 nitrogen and oxygen atoms in total. The van der Waals surface area contributed by atoms with Gasteiger partial charge in [-0.1, -0.05) is 23.7 Å². The van der Waals surface area contributed by atoms with Crippen LogP contribution in [0.5, 0.6) is 0 Å². The van der Waals surface area contributed by atoms with Crippen LogP contribution in [0.1, 0.15) is 12.5 Å². The van der Waals surface area contributed by atoms with Gasteiger partial charge in [0.1, 0.15) is 0 Å². The molecular formula is C13H18ClNO2S. The second kappa shape index (κ2) is 7.67. The summed E-state index contributed by atoms with van der Waals surface area (Å²) in [5, 5.41) is 12.7. The normalized spacial score (nSPS) is 14.0. The van der Waals surface area contributed by atoms with Gasteiger partial charge in [-0.2, -0.15) is 11.8 Å². The molecule has 0 aliphatic heterocycles. The van der Waals surface area contributed by atoms with Crippen molar-refractivity contribution in [3.63, 3.8) is 0 Å². The van der Waals surface area contributed by atoms with Crippen molar-refractivity contribution in [1.82, 2.24) is 5.32 Å². The number of nitrogens with one attached hydrogen (secondary N) is 1. The third-order valence-electron chi connectivity index (χ3n) is 2.71. The molecule has 1 aromatic rings. The van der Waals surface area contributed by atoms with E-state index in [2.05, 4.69) is 5.32 Å². The molecule has 2 unspecified atom stereocenters. The molecule has 100 valence electrons. The van der Waals surface area contributed by atoms with Crippen LogP contribution < -0.4 is 5.32 Å². The second-order valence-corrected chi connectivity index (χ2v) is 5.63. The summed E-state index contributed by atoms with van der Waals surface area (Å²) in [6.07, 6.45) is 2.25. The Hall–Kier alpha value is -0.710. The predicted octanol–water partition coefficient (Wildman–Crippen LogP) is 2.11. The van der Waals surface area contributed by atoms with E-state index in [1.54, 1.807) is 23.9 Å². The molecule has 5 heteroatoms. The fourth-order valence-corrected chi connectivity index (χ4v) is 2.37. The fourth-order valence-electron chi connectivity index (χ4n) is 1.62. The Balaban J connectivity index is 2.48. The van der Waals surface area contributed by atoms with Crippen molar-refractivity contribution in [2.45, 2.75) is 24.6 Å². The van der Waals surface area contributed by atoms with Gasteiger partial charge in [0.25, 0.3) is 0 Å². The van der Waals surface area contributed by atoms with Gasteiger partial charge in [0.2, 0.25) is 5.91 Å². The van der Waals surface area contributed by atoms with Crippen molar-refractivity contribution < 1.29 is 9.90 Å². The van der Waals surface area contributed by atoms with Gasteiger partial charge in [0.05, 0.1) is 13.0 Å². The second-order valence-electron chi connectivity index (χ2n) is 4.12. The number of aliphatic hydroxyl groups excluding tert-OH is 1. The number of hydrogen-bond donors (Lipinski definition) is 2. The Morgan fingerprint density at radius 3 is 2.56 bits per heavy atom. The minimum Gasteiger partial charge on any atom is -0.395 e.